The van der Waals surface area contributed by atoms with Gasteiger partial charge in [0.05, 0.1) is 20.8 Å². The maximum absolute atomic E-state index is 14.3. The first kappa shape index (κ1) is 17.9. The van der Waals surface area contributed by atoms with Gasteiger partial charge in [-0.2, -0.15) is 0 Å². The van der Waals surface area contributed by atoms with Crippen LogP contribution in [0.1, 0.15) is 16.1 Å². The van der Waals surface area contributed by atoms with Gasteiger partial charge in [-0.15, -0.1) is 0 Å². The van der Waals surface area contributed by atoms with E-state index in [0.29, 0.717) is 15.7 Å². The van der Waals surface area contributed by atoms with Crippen molar-refractivity contribution in [1.82, 2.24) is 10.1 Å². The van der Waals surface area contributed by atoms with Crippen LogP contribution in [0, 0.1) is 12.7 Å². The van der Waals surface area contributed by atoms with Gasteiger partial charge in [0.2, 0.25) is 0 Å². The average molecular weight is 422 g/mol. The second-order valence-corrected chi connectivity index (χ2v) is 7.52. The highest BCUT2D eigenvalue weighted by molar-refractivity contribution is 7.22. The quantitative estimate of drug-likeness (QED) is 0.443. The molecule has 2 heterocycles. The summed E-state index contributed by atoms with van der Waals surface area (Å²) < 4.78 is 20.2. The number of amides is 1. The maximum atomic E-state index is 14.3. The molecule has 0 radical (unpaired) electrons. The largest absolute Gasteiger partial charge is 0.360 e. The highest BCUT2D eigenvalue weighted by atomic mass is 35.5. The predicted molar refractivity (Wildman–Crippen MR) is 104 cm³/mol. The Bertz CT molecular complexity index is 1170. The number of rotatable bonds is 3. The third-order valence-corrected chi connectivity index (χ3v) is 5.34. The van der Waals surface area contributed by atoms with Crippen LogP contribution in [-0.4, -0.2) is 16.0 Å². The van der Waals surface area contributed by atoms with Crippen LogP contribution in [0.3, 0.4) is 0 Å². The molecular formula is C18H10Cl2FN3O2S. The number of halogens is 3. The zero-order valence-corrected chi connectivity index (χ0v) is 16.0. The number of nitrogens with zero attached hydrogens (tertiary/aromatic N) is 2. The average Bonchev–Trinajstić information content (AvgIpc) is 3.17. The fourth-order valence-electron chi connectivity index (χ4n) is 2.65. The highest BCUT2D eigenvalue weighted by Gasteiger charge is 2.26. The topological polar surface area (TPSA) is 68.0 Å². The molecule has 0 saturated heterocycles. The summed E-state index contributed by atoms with van der Waals surface area (Å²) in [6.45, 7) is 1.57. The van der Waals surface area contributed by atoms with Gasteiger partial charge in [0.1, 0.15) is 22.8 Å². The molecule has 136 valence electrons. The van der Waals surface area contributed by atoms with E-state index in [4.69, 9.17) is 27.7 Å². The Morgan fingerprint density at radius 2 is 2.07 bits per heavy atom. The van der Waals surface area contributed by atoms with Gasteiger partial charge in [-0.25, -0.2) is 9.37 Å². The van der Waals surface area contributed by atoms with Crippen LogP contribution in [0.2, 0.25) is 10.0 Å². The number of aromatic nitrogens is 2. The van der Waals surface area contributed by atoms with Crippen LogP contribution in [0.4, 0.5) is 9.52 Å². The molecule has 0 saturated carbocycles. The number of thiazole rings is 1. The number of anilines is 1. The van der Waals surface area contributed by atoms with Gasteiger partial charge in [0.15, 0.2) is 5.13 Å². The number of hydrogen-bond donors (Lipinski definition) is 1. The van der Waals surface area contributed by atoms with E-state index >= 15 is 0 Å². The number of carbonyl (C=O) groups excluding carboxylic acids is 1. The lowest BCUT2D eigenvalue weighted by atomic mass is 10.1. The van der Waals surface area contributed by atoms with E-state index in [2.05, 4.69) is 15.5 Å². The van der Waals surface area contributed by atoms with Crippen LogP contribution < -0.4 is 5.32 Å². The molecule has 27 heavy (non-hydrogen) atoms. The van der Waals surface area contributed by atoms with E-state index in [1.165, 1.54) is 29.5 Å². The Morgan fingerprint density at radius 3 is 2.85 bits per heavy atom. The van der Waals surface area contributed by atoms with Gasteiger partial charge < -0.3 is 4.52 Å². The van der Waals surface area contributed by atoms with Crippen molar-refractivity contribution >= 4 is 55.8 Å². The van der Waals surface area contributed by atoms with E-state index in [9.17, 15) is 9.18 Å². The van der Waals surface area contributed by atoms with Crippen molar-refractivity contribution in [2.45, 2.75) is 6.92 Å². The molecule has 0 spiro atoms. The molecular weight excluding hydrogens is 412 g/mol. The lowest BCUT2D eigenvalue weighted by molar-refractivity contribution is 0.102. The molecule has 0 atom stereocenters. The van der Waals surface area contributed by atoms with E-state index in [1.807, 2.05) is 0 Å². The zero-order chi connectivity index (χ0) is 19.1. The minimum Gasteiger partial charge on any atom is -0.360 e. The summed E-state index contributed by atoms with van der Waals surface area (Å²) in [7, 11) is 0. The van der Waals surface area contributed by atoms with Crippen LogP contribution >= 0.6 is 34.5 Å². The molecule has 1 N–H and O–H groups in total. The summed E-state index contributed by atoms with van der Waals surface area (Å²) in [6, 6.07) is 9.48. The number of fused-ring (bicyclic) bond motifs is 1. The monoisotopic (exact) mass is 421 g/mol. The molecule has 0 aliphatic carbocycles. The number of aryl methyl sites for hydroxylation is 1. The van der Waals surface area contributed by atoms with E-state index in [1.54, 1.807) is 25.1 Å². The van der Waals surface area contributed by atoms with Crippen LogP contribution in [0.5, 0.6) is 0 Å². The third kappa shape index (κ3) is 3.29. The molecule has 1 amide bonds. The number of nitrogens with one attached hydrogen (secondary N) is 1. The van der Waals surface area contributed by atoms with Gasteiger partial charge in [0.25, 0.3) is 5.91 Å². The first-order valence-corrected chi connectivity index (χ1v) is 9.29. The first-order chi connectivity index (χ1) is 12.9. The maximum Gasteiger partial charge on any atom is 0.263 e. The second-order valence-electron chi connectivity index (χ2n) is 5.64. The fourth-order valence-corrected chi connectivity index (χ4v) is 4.04. The van der Waals surface area contributed by atoms with Gasteiger partial charge >= 0.3 is 0 Å². The van der Waals surface area contributed by atoms with E-state index in [0.717, 1.165) is 4.70 Å². The number of hydrogen-bond acceptors (Lipinski definition) is 5. The van der Waals surface area contributed by atoms with Gasteiger partial charge in [-0.1, -0.05) is 45.8 Å². The fraction of sp³-hybridized carbons (Fsp3) is 0.0556. The van der Waals surface area contributed by atoms with E-state index in [-0.39, 0.29) is 27.6 Å². The highest BCUT2D eigenvalue weighted by Crippen LogP contribution is 2.34. The second kappa shape index (κ2) is 6.92. The summed E-state index contributed by atoms with van der Waals surface area (Å²) >= 11 is 13.4. The minimum atomic E-state index is -0.598. The van der Waals surface area contributed by atoms with Crippen LogP contribution in [0.25, 0.3) is 21.5 Å². The Morgan fingerprint density at radius 1 is 1.26 bits per heavy atom. The Labute approximate surface area is 166 Å². The summed E-state index contributed by atoms with van der Waals surface area (Å²) in [6.07, 6.45) is 0. The van der Waals surface area contributed by atoms with Gasteiger partial charge in [-0.05, 0) is 37.3 Å². The molecule has 0 aliphatic rings. The van der Waals surface area contributed by atoms with Crippen molar-refractivity contribution in [1.29, 1.82) is 0 Å². The van der Waals surface area contributed by atoms with Crippen molar-refractivity contribution in [2.75, 3.05) is 5.32 Å². The van der Waals surface area contributed by atoms with Crippen molar-refractivity contribution in [3.05, 3.63) is 63.6 Å². The predicted octanol–water partition coefficient (Wildman–Crippen LogP) is 5.96. The Hall–Kier alpha value is -2.48. The van der Waals surface area contributed by atoms with E-state index < -0.39 is 11.7 Å². The van der Waals surface area contributed by atoms with Crippen molar-refractivity contribution in [2.24, 2.45) is 0 Å². The summed E-state index contributed by atoms with van der Waals surface area (Å²) in [5, 5.41) is 7.62. The lowest BCUT2D eigenvalue weighted by Gasteiger charge is -2.05. The standard InChI is InChI=1S/C18H10Cl2FN3O2S/c1-8-14(16(24-26-8)15-10(20)3-2-4-11(15)21)17(25)23-18-22-12-6-5-9(19)7-13(12)27-18/h2-7H,1H3,(H,22,23,25). The lowest BCUT2D eigenvalue weighted by Crippen LogP contribution is -2.13. The molecule has 0 bridgehead atoms. The van der Waals surface area contributed by atoms with Crippen LogP contribution in [0.15, 0.2) is 40.9 Å². The molecule has 0 aliphatic heterocycles. The number of carbonyl (C=O) groups is 1. The SMILES string of the molecule is Cc1onc(-c2c(F)cccc2Cl)c1C(=O)Nc1nc2ccc(Cl)cc2s1. The van der Waals surface area contributed by atoms with Crippen molar-refractivity contribution in [3.63, 3.8) is 0 Å². The van der Waals surface area contributed by atoms with Crippen LogP contribution in [-0.2, 0) is 0 Å². The molecule has 2 aromatic heterocycles. The van der Waals surface area contributed by atoms with Gasteiger partial charge in [0, 0.05) is 5.02 Å². The molecule has 5 nitrogen and oxygen atoms in total. The first-order valence-electron chi connectivity index (χ1n) is 7.72. The minimum absolute atomic E-state index is 0.0113. The molecule has 2 aromatic carbocycles. The Balaban J connectivity index is 1.73. The molecule has 4 aromatic rings. The molecule has 0 unspecified atom stereocenters. The number of benzene rings is 2. The smallest absolute Gasteiger partial charge is 0.263 e. The summed E-state index contributed by atoms with van der Waals surface area (Å²) in [5.74, 6) is -0.876. The Kier molecular flexibility index (Phi) is 4.59. The van der Waals surface area contributed by atoms with Crippen molar-refractivity contribution in [3.8, 4) is 11.3 Å². The molecule has 4 rings (SSSR count). The summed E-state index contributed by atoms with van der Waals surface area (Å²) in [5.41, 5.74) is 0.855. The third-order valence-electron chi connectivity index (χ3n) is 3.86. The molecule has 0 fully saturated rings. The normalized spacial score (nSPS) is 11.1. The van der Waals surface area contributed by atoms with Crippen molar-refractivity contribution < 1.29 is 13.7 Å². The zero-order valence-electron chi connectivity index (χ0n) is 13.7. The molecule has 9 heteroatoms. The summed E-state index contributed by atoms with van der Waals surface area (Å²) in [4.78, 5) is 17.2. The van der Waals surface area contributed by atoms with Gasteiger partial charge in [-0.3, -0.25) is 10.1 Å².